The Kier molecular flexibility index (Phi) is 6.56. The van der Waals surface area contributed by atoms with E-state index in [0.717, 1.165) is 0 Å². The van der Waals surface area contributed by atoms with Crippen molar-refractivity contribution in [3.05, 3.63) is 64.5 Å². The molecule has 150 valence electrons. The molecule has 7 nitrogen and oxygen atoms in total. The van der Waals surface area contributed by atoms with Gasteiger partial charge in [-0.15, -0.1) is 0 Å². The third-order valence-corrected chi connectivity index (χ3v) is 5.05. The van der Waals surface area contributed by atoms with Crippen molar-refractivity contribution in [3.8, 4) is 0 Å². The van der Waals surface area contributed by atoms with Crippen molar-refractivity contribution in [2.24, 2.45) is 4.99 Å². The van der Waals surface area contributed by atoms with E-state index in [1.807, 2.05) is 6.07 Å². The average Bonchev–Trinajstić information content (AvgIpc) is 3.05. The minimum Gasteiger partial charge on any atom is -0.465 e. The largest absolute Gasteiger partial charge is 0.465 e. The molecule has 0 bridgehead atoms. The van der Waals surface area contributed by atoms with Crippen LogP contribution in [0.25, 0.3) is 10.2 Å². The number of ether oxygens (including phenoxy) is 2. The number of aromatic nitrogens is 1. The number of amides is 1. The van der Waals surface area contributed by atoms with Gasteiger partial charge in [-0.1, -0.05) is 29.5 Å². The monoisotopic (exact) mass is 412 g/mol. The van der Waals surface area contributed by atoms with E-state index < -0.39 is 17.8 Å². The molecular weight excluding hydrogens is 392 g/mol. The molecule has 8 heteroatoms. The molecule has 0 aliphatic rings. The molecule has 0 fully saturated rings. The van der Waals surface area contributed by atoms with Crippen LogP contribution in [0, 0.1) is 0 Å². The molecule has 3 aromatic rings. The summed E-state index contributed by atoms with van der Waals surface area (Å²) in [5, 5.41) is 0. The molecular formula is C21H20N2O5S. The first kappa shape index (κ1) is 20.5. The molecule has 0 radical (unpaired) electrons. The summed E-state index contributed by atoms with van der Waals surface area (Å²) in [6, 6.07) is 13.7. The summed E-state index contributed by atoms with van der Waals surface area (Å²) >= 11 is 1.22. The first-order chi connectivity index (χ1) is 14.0. The van der Waals surface area contributed by atoms with Gasteiger partial charge in [-0.2, -0.15) is 4.99 Å². The van der Waals surface area contributed by atoms with E-state index in [1.54, 1.807) is 60.9 Å². The Hall–Kier alpha value is -3.26. The smallest absolute Gasteiger partial charge is 0.338 e. The quantitative estimate of drug-likeness (QED) is 0.581. The molecule has 1 heterocycles. The predicted molar refractivity (Wildman–Crippen MR) is 109 cm³/mol. The predicted octanol–water partition coefficient (Wildman–Crippen LogP) is 3.18. The Labute approximate surface area is 171 Å². The Morgan fingerprint density at radius 1 is 0.966 bits per heavy atom. The van der Waals surface area contributed by atoms with Gasteiger partial charge in [0.2, 0.25) is 0 Å². The van der Waals surface area contributed by atoms with Crippen molar-refractivity contribution in [2.45, 2.75) is 20.4 Å². The van der Waals surface area contributed by atoms with Gasteiger partial charge >= 0.3 is 11.9 Å². The molecule has 29 heavy (non-hydrogen) atoms. The first-order valence-electron chi connectivity index (χ1n) is 9.13. The molecule has 0 saturated heterocycles. The highest BCUT2D eigenvalue weighted by molar-refractivity contribution is 7.16. The first-order valence-corrected chi connectivity index (χ1v) is 9.95. The maximum atomic E-state index is 12.6. The van der Waals surface area contributed by atoms with Crippen LogP contribution in [0.1, 0.15) is 34.6 Å². The zero-order valence-electron chi connectivity index (χ0n) is 16.1. The number of nitrogens with zero attached hydrogens (tertiary/aromatic N) is 2. The second-order valence-electron chi connectivity index (χ2n) is 5.96. The summed E-state index contributed by atoms with van der Waals surface area (Å²) in [6.07, 6.45) is 0. The summed E-state index contributed by atoms with van der Waals surface area (Å²) in [6.45, 7) is 3.90. The van der Waals surface area contributed by atoms with Crippen molar-refractivity contribution in [3.63, 3.8) is 0 Å². The molecule has 0 aliphatic heterocycles. The number of carbonyl (C=O) groups is 3. The standard InChI is InChI=1S/C21H20N2O5S/c1-3-27-18(24)13-23-16-11-10-15(20(26)28-4-2)12-17(16)29-21(23)22-19(25)14-8-6-5-7-9-14/h5-12H,3-4,13H2,1-2H3. The van der Waals surface area contributed by atoms with Gasteiger partial charge < -0.3 is 14.0 Å². The SMILES string of the molecule is CCOC(=O)Cn1c(=NC(=O)c2ccccc2)sc2cc(C(=O)OCC)ccc21. The fourth-order valence-corrected chi connectivity index (χ4v) is 3.79. The fraction of sp³-hybridized carbons (Fsp3) is 0.238. The summed E-state index contributed by atoms with van der Waals surface area (Å²) in [5.74, 6) is -1.28. The molecule has 0 aliphatic carbocycles. The maximum Gasteiger partial charge on any atom is 0.338 e. The van der Waals surface area contributed by atoms with Crippen molar-refractivity contribution in [1.29, 1.82) is 0 Å². The number of hydrogen-bond donors (Lipinski definition) is 0. The van der Waals surface area contributed by atoms with Gasteiger partial charge in [0.1, 0.15) is 6.54 Å². The van der Waals surface area contributed by atoms with Gasteiger partial charge in [-0.3, -0.25) is 9.59 Å². The Morgan fingerprint density at radius 3 is 2.38 bits per heavy atom. The van der Waals surface area contributed by atoms with Crippen molar-refractivity contribution in [1.82, 2.24) is 4.57 Å². The topological polar surface area (TPSA) is 87.0 Å². The molecule has 1 aromatic heterocycles. The van der Waals surface area contributed by atoms with E-state index in [1.165, 1.54) is 11.3 Å². The lowest BCUT2D eigenvalue weighted by molar-refractivity contribution is -0.143. The maximum absolute atomic E-state index is 12.6. The third kappa shape index (κ3) is 4.78. The molecule has 1 amide bonds. The number of rotatable bonds is 6. The molecule has 0 unspecified atom stereocenters. The van der Waals surface area contributed by atoms with E-state index in [-0.39, 0.29) is 19.8 Å². The normalized spacial score (nSPS) is 11.4. The Bertz CT molecular complexity index is 1120. The zero-order chi connectivity index (χ0) is 20.8. The molecule has 0 spiro atoms. The second kappa shape index (κ2) is 9.29. The number of carbonyl (C=O) groups excluding carboxylic acids is 3. The van der Waals surface area contributed by atoms with Gasteiger partial charge in [-0.05, 0) is 44.2 Å². The minimum atomic E-state index is -0.435. The number of fused-ring (bicyclic) bond motifs is 1. The van der Waals surface area contributed by atoms with Gasteiger partial charge in [0.05, 0.1) is 29.0 Å². The molecule has 0 saturated carbocycles. The molecule has 2 aromatic carbocycles. The summed E-state index contributed by atoms with van der Waals surface area (Å²) in [7, 11) is 0. The summed E-state index contributed by atoms with van der Waals surface area (Å²) in [5.41, 5.74) is 1.51. The zero-order valence-corrected chi connectivity index (χ0v) is 16.9. The molecule has 3 rings (SSSR count). The van der Waals surface area contributed by atoms with Gasteiger partial charge in [0.15, 0.2) is 4.80 Å². The van der Waals surface area contributed by atoms with Crippen LogP contribution in [0.5, 0.6) is 0 Å². The lowest BCUT2D eigenvalue weighted by atomic mass is 10.2. The highest BCUT2D eigenvalue weighted by atomic mass is 32.1. The van der Waals surface area contributed by atoms with Crippen LogP contribution < -0.4 is 4.80 Å². The number of thiazole rings is 1. The van der Waals surface area contributed by atoms with Crippen LogP contribution in [0.3, 0.4) is 0 Å². The summed E-state index contributed by atoms with van der Waals surface area (Å²) in [4.78, 5) is 41.2. The highest BCUT2D eigenvalue weighted by Crippen LogP contribution is 2.20. The van der Waals surface area contributed by atoms with Gasteiger partial charge in [0, 0.05) is 5.56 Å². The van der Waals surface area contributed by atoms with Crippen LogP contribution in [0.2, 0.25) is 0 Å². The highest BCUT2D eigenvalue weighted by Gasteiger charge is 2.15. The number of benzene rings is 2. The van der Waals surface area contributed by atoms with E-state index in [9.17, 15) is 14.4 Å². The Morgan fingerprint density at radius 2 is 1.69 bits per heavy atom. The lowest BCUT2D eigenvalue weighted by Gasteiger charge is -2.06. The Balaban J connectivity index is 2.10. The van der Waals surface area contributed by atoms with Crippen molar-refractivity contribution >= 4 is 39.4 Å². The van der Waals surface area contributed by atoms with Crippen LogP contribution in [-0.4, -0.2) is 35.6 Å². The van der Waals surface area contributed by atoms with Crippen LogP contribution >= 0.6 is 11.3 Å². The molecule has 0 N–H and O–H groups in total. The second-order valence-corrected chi connectivity index (χ2v) is 6.97. The summed E-state index contributed by atoms with van der Waals surface area (Å²) < 4.78 is 12.4. The van der Waals surface area contributed by atoms with E-state index in [0.29, 0.717) is 26.1 Å². The number of esters is 2. The van der Waals surface area contributed by atoms with Crippen LogP contribution in [0.4, 0.5) is 0 Å². The van der Waals surface area contributed by atoms with E-state index >= 15 is 0 Å². The van der Waals surface area contributed by atoms with Gasteiger partial charge in [0.25, 0.3) is 5.91 Å². The third-order valence-electron chi connectivity index (χ3n) is 4.00. The van der Waals surface area contributed by atoms with E-state index in [4.69, 9.17) is 9.47 Å². The lowest BCUT2D eigenvalue weighted by Crippen LogP contribution is -2.23. The molecule has 0 atom stereocenters. The number of hydrogen-bond acceptors (Lipinski definition) is 6. The van der Waals surface area contributed by atoms with Crippen LogP contribution in [0.15, 0.2) is 53.5 Å². The minimum absolute atomic E-state index is 0.0898. The van der Waals surface area contributed by atoms with Crippen molar-refractivity contribution in [2.75, 3.05) is 13.2 Å². The van der Waals surface area contributed by atoms with Crippen LogP contribution in [-0.2, 0) is 20.8 Å². The van der Waals surface area contributed by atoms with Gasteiger partial charge in [-0.25, -0.2) is 4.79 Å². The van der Waals surface area contributed by atoms with Crippen molar-refractivity contribution < 1.29 is 23.9 Å². The van der Waals surface area contributed by atoms with E-state index in [2.05, 4.69) is 4.99 Å². The average molecular weight is 412 g/mol. The fourth-order valence-electron chi connectivity index (χ4n) is 2.72.